The van der Waals surface area contributed by atoms with E-state index in [0.29, 0.717) is 19.8 Å². The molecule has 1 aromatic rings. The van der Waals surface area contributed by atoms with Crippen LogP contribution in [0.4, 0.5) is 0 Å². The molecule has 4 heteroatoms. The van der Waals surface area contributed by atoms with Gasteiger partial charge < -0.3 is 19.9 Å². The van der Waals surface area contributed by atoms with E-state index < -0.39 is 5.60 Å². The predicted molar refractivity (Wildman–Crippen MR) is 68.0 cm³/mol. The summed E-state index contributed by atoms with van der Waals surface area (Å²) in [6.45, 7) is 2.95. The van der Waals surface area contributed by atoms with Crippen molar-refractivity contribution < 1.29 is 14.6 Å². The van der Waals surface area contributed by atoms with Crippen molar-refractivity contribution in [3.8, 4) is 11.5 Å². The van der Waals surface area contributed by atoms with E-state index in [1.807, 2.05) is 18.2 Å². The van der Waals surface area contributed by atoms with Crippen molar-refractivity contribution in [2.24, 2.45) is 0 Å². The number of piperidine rings is 1. The van der Waals surface area contributed by atoms with Crippen LogP contribution in [0.5, 0.6) is 11.5 Å². The molecule has 1 unspecified atom stereocenters. The molecule has 0 radical (unpaired) electrons. The average molecular weight is 249 g/mol. The van der Waals surface area contributed by atoms with Gasteiger partial charge in [0.15, 0.2) is 11.5 Å². The molecule has 0 aliphatic carbocycles. The van der Waals surface area contributed by atoms with Crippen molar-refractivity contribution in [1.82, 2.24) is 5.32 Å². The average Bonchev–Trinajstić information content (AvgIpc) is 2.64. The highest BCUT2D eigenvalue weighted by Crippen LogP contribution is 2.36. The Hall–Kier alpha value is -1.26. The van der Waals surface area contributed by atoms with Gasteiger partial charge in [0.25, 0.3) is 0 Å². The van der Waals surface area contributed by atoms with Gasteiger partial charge >= 0.3 is 0 Å². The van der Waals surface area contributed by atoms with Crippen molar-refractivity contribution in [2.45, 2.75) is 24.9 Å². The molecule has 0 spiro atoms. The predicted octanol–water partition coefficient (Wildman–Crippen LogP) is 1.42. The zero-order valence-electron chi connectivity index (χ0n) is 10.4. The molecule has 1 aromatic carbocycles. The van der Waals surface area contributed by atoms with Crippen LogP contribution in [0.1, 0.15) is 24.8 Å². The van der Waals surface area contributed by atoms with E-state index in [1.54, 1.807) is 0 Å². The lowest BCUT2D eigenvalue weighted by Crippen LogP contribution is -2.43. The van der Waals surface area contributed by atoms with Gasteiger partial charge in [0.2, 0.25) is 0 Å². The quantitative estimate of drug-likeness (QED) is 0.790. The van der Waals surface area contributed by atoms with Crippen molar-refractivity contribution in [3.63, 3.8) is 0 Å². The smallest absolute Gasteiger partial charge is 0.161 e. The Morgan fingerprint density at radius 1 is 1.11 bits per heavy atom. The number of nitrogens with one attached hydrogen (secondary N) is 1. The number of benzene rings is 1. The highest BCUT2D eigenvalue weighted by atomic mass is 16.5. The summed E-state index contributed by atoms with van der Waals surface area (Å²) in [5.41, 5.74) is 0.141. The molecule has 4 nitrogen and oxygen atoms in total. The van der Waals surface area contributed by atoms with Crippen LogP contribution in [-0.2, 0) is 5.60 Å². The molecule has 2 aliphatic heterocycles. The summed E-state index contributed by atoms with van der Waals surface area (Å²) >= 11 is 0. The van der Waals surface area contributed by atoms with Crippen LogP contribution in [0.2, 0.25) is 0 Å². The van der Waals surface area contributed by atoms with Crippen LogP contribution >= 0.6 is 0 Å². The molecule has 0 amide bonds. The summed E-state index contributed by atoms with van der Waals surface area (Å²) in [5.74, 6) is 1.53. The van der Waals surface area contributed by atoms with Crippen molar-refractivity contribution in [1.29, 1.82) is 0 Å². The number of fused-ring (bicyclic) bond motifs is 1. The summed E-state index contributed by atoms with van der Waals surface area (Å²) in [4.78, 5) is 0. The molecular formula is C14H19NO3. The highest BCUT2D eigenvalue weighted by molar-refractivity contribution is 5.45. The van der Waals surface area contributed by atoms with Gasteiger partial charge in [0.05, 0.1) is 13.2 Å². The molecule has 1 atom stereocenters. The molecule has 0 aromatic heterocycles. The lowest BCUT2D eigenvalue weighted by Gasteiger charge is -2.33. The molecule has 2 N–H and O–H groups in total. The van der Waals surface area contributed by atoms with Crippen molar-refractivity contribution >= 4 is 0 Å². The number of rotatable bonds is 1. The van der Waals surface area contributed by atoms with Gasteiger partial charge in [0.1, 0.15) is 5.60 Å². The molecule has 1 saturated heterocycles. The molecule has 2 aliphatic rings. The van der Waals surface area contributed by atoms with Gasteiger partial charge in [-0.15, -0.1) is 0 Å². The van der Waals surface area contributed by atoms with Crippen molar-refractivity contribution in [2.75, 3.05) is 26.3 Å². The molecule has 98 valence electrons. The molecule has 0 bridgehead atoms. The fourth-order valence-electron chi connectivity index (χ4n) is 2.59. The fraction of sp³-hybridized carbons (Fsp3) is 0.571. The van der Waals surface area contributed by atoms with Crippen LogP contribution in [0.3, 0.4) is 0 Å². The third-order valence-electron chi connectivity index (χ3n) is 3.65. The van der Waals surface area contributed by atoms with E-state index in [9.17, 15) is 5.11 Å². The van der Waals surface area contributed by atoms with Gasteiger partial charge in [-0.2, -0.15) is 0 Å². The first-order valence-electron chi connectivity index (χ1n) is 6.61. The van der Waals surface area contributed by atoms with Crippen LogP contribution in [0, 0.1) is 0 Å². The van der Waals surface area contributed by atoms with E-state index in [-0.39, 0.29) is 0 Å². The maximum absolute atomic E-state index is 10.7. The minimum atomic E-state index is -0.775. The lowest BCUT2D eigenvalue weighted by molar-refractivity contribution is 0.0121. The standard InChI is InChI=1S/C14H19NO3/c16-14(5-1-6-15-10-14)11-3-4-12-13(9-11)18-8-2-7-17-12/h3-4,9,15-16H,1-2,5-8,10H2. The maximum atomic E-state index is 10.7. The van der Waals surface area contributed by atoms with E-state index in [1.165, 1.54) is 0 Å². The third kappa shape index (κ3) is 2.18. The minimum absolute atomic E-state index is 0.604. The van der Waals surface area contributed by atoms with Crippen LogP contribution in [0.25, 0.3) is 0 Å². The van der Waals surface area contributed by atoms with Gasteiger partial charge in [0, 0.05) is 13.0 Å². The maximum Gasteiger partial charge on any atom is 0.161 e. The second-order valence-corrected chi connectivity index (χ2v) is 5.02. The number of ether oxygens (including phenoxy) is 2. The number of hydrogen-bond acceptors (Lipinski definition) is 4. The molecule has 1 fully saturated rings. The summed E-state index contributed by atoms with van der Waals surface area (Å²) < 4.78 is 11.3. The largest absolute Gasteiger partial charge is 0.490 e. The van der Waals surface area contributed by atoms with Gasteiger partial charge in [-0.1, -0.05) is 6.07 Å². The van der Waals surface area contributed by atoms with E-state index in [2.05, 4.69) is 5.32 Å². The second-order valence-electron chi connectivity index (χ2n) is 5.02. The lowest BCUT2D eigenvalue weighted by atomic mass is 9.86. The highest BCUT2D eigenvalue weighted by Gasteiger charge is 2.32. The second kappa shape index (κ2) is 4.78. The summed E-state index contributed by atoms with van der Waals surface area (Å²) in [5, 5.41) is 13.9. The SMILES string of the molecule is OC1(c2ccc3c(c2)OCCCO3)CCCNC1. The normalized spacial score (nSPS) is 27.6. The van der Waals surface area contributed by atoms with Crippen molar-refractivity contribution in [3.05, 3.63) is 23.8 Å². The molecule has 2 heterocycles. The summed E-state index contributed by atoms with van der Waals surface area (Å²) in [7, 11) is 0. The third-order valence-corrected chi connectivity index (χ3v) is 3.65. The summed E-state index contributed by atoms with van der Waals surface area (Å²) in [6, 6.07) is 5.77. The first kappa shape index (κ1) is 11.8. The van der Waals surface area contributed by atoms with Gasteiger partial charge in [-0.3, -0.25) is 0 Å². The topological polar surface area (TPSA) is 50.7 Å². The molecule has 0 saturated carbocycles. The number of β-amino-alcohol motifs (C(OH)–C–C–N with tert-alkyl or cyclic N) is 1. The van der Waals surface area contributed by atoms with E-state index in [4.69, 9.17) is 9.47 Å². The molecule has 3 rings (SSSR count). The zero-order valence-corrected chi connectivity index (χ0v) is 10.4. The summed E-state index contributed by atoms with van der Waals surface area (Å²) in [6.07, 6.45) is 2.68. The number of aliphatic hydroxyl groups is 1. The Bertz CT molecular complexity index is 427. The first-order chi connectivity index (χ1) is 8.78. The Balaban J connectivity index is 1.91. The van der Waals surface area contributed by atoms with E-state index >= 15 is 0 Å². The molecule has 18 heavy (non-hydrogen) atoms. The van der Waals surface area contributed by atoms with Crippen LogP contribution < -0.4 is 14.8 Å². The first-order valence-corrected chi connectivity index (χ1v) is 6.61. The Labute approximate surface area is 107 Å². The monoisotopic (exact) mass is 249 g/mol. The zero-order chi connectivity index (χ0) is 12.4. The Kier molecular flexibility index (Phi) is 3.14. The van der Waals surface area contributed by atoms with E-state index in [0.717, 1.165) is 42.9 Å². The fourth-order valence-corrected chi connectivity index (χ4v) is 2.59. The molecular weight excluding hydrogens is 230 g/mol. The van der Waals surface area contributed by atoms with Crippen LogP contribution in [0.15, 0.2) is 18.2 Å². The van der Waals surface area contributed by atoms with Gasteiger partial charge in [-0.05, 0) is 37.1 Å². The Morgan fingerprint density at radius 2 is 1.94 bits per heavy atom. The Morgan fingerprint density at radius 3 is 2.72 bits per heavy atom. The van der Waals surface area contributed by atoms with Crippen LogP contribution in [-0.4, -0.2) is 31.4 Å². The van der Waals surface area contributed by atoms with Gasteiger partial charge in [-0.25, -0.2) is 0 Å². The minimum Gasteiger partial charge on any atom is -0.490 e. The number of hydrogen-bond donors (Lipinski definition) is 2.